The van der Waals surface area contributed by atoms with Crippen molar-refractivity contribution in [2.75, 3.05) is 13.1 Å². The molecule has 32 heavy (non-hydrogen) atoms. The van der Waals surface area contributed by atoms with Crippen LogP contribution in [0.2, 0.25) is 5.02 Å². The minimum Gasteiger partial charge on any atom is -0.490 e. The van der Waals surface area contributed by atoms with Crippen LogP contribution in [0.5, 0.6) is 5.75 Å². The van der Waals surface area contributed by atoms with Crippen molar-refractivity contribution in [2.24, 2.45) is 11.8 Å². The van der Waals surface area contributed by atoms with Crippen molar-refractivity contribution in [1.82, 2.24) is 10.4 Å². The number of hydrogen-bond acceptors (Lipinski definition) is 4. The molecule has 2 aliphatic rings. The largest absolute Gasteiger partial charge is 0.490 e. The Balaban J connectivity index is 1.42. The molecule has 0 bridgehead atoms. The first-order valence-corrected chi connectivity index (χ1v) is 11.3. The SMILES string of the molecule is O=C(NO)[C@@H]1C[C@H](Oc2cccc(Cl)c2)CC[C@H]1C(=O)N1CC=C(c2ccccc2)CC1. The molecule has 0 radical (unpaired) electrons. The van der Waals surface area contributed by atoms with Crippen molar-refractivity contribution in [3.05, 3.63) is 71.3 Å². The maximum Gasteiger partial charge on any atom is 0.247 e. The minimum atomic E-state index is -0.648. The summed E-state index contributed by atoms with van der Waals surface area (Å²) in [6.07, 6.45) is 4.16. The van der Waals surface area contributed by atoms with Crippen LogP contribution in [0.4, 0.5) is 0 Å². The lowest BCUT2D eigenvalue weighted by molar-refractivity contribution is -0.148. The maximum atomic E-state index is 13.3. The van der Waals surface area contributed by atoms with Crippen LogP contribution >= 0.6 is 11.6 Å². The van der Waals surface area contributed by atoms with Crippen LogP contribution in [0.25, 0.3) is 5.57 Å². The van der Waals surface area contributed by atoms with Crippen LogP contribution in [0, 0.1) is 11.8 Å². The van der Waals surface area contributed by atoms with E-state index in [1.807, 2.05) is 29.2 Å². The summed E-state index contributed by atoms with van der Waals surface area (Å²) in [6, 6.07) is 17.3. The molecular weight excluding hydrogens is 428 g/mol. The van der Waals surface area contributed by atoms with E-state index in [4.69, 9.17) is 16.3 Å². The Morgan fingerprint density at radius 3 is 2.56 bits per heavy atom. The van der Waals surface area contributed by atoms with Gasteiger partial charge in [0.2, 0.25) is 11.8 Å². The quantitative estimate of drug-likeness (QED) is 0.520. The van der Waals surface area contributed by atoms with Gasteiger partial charge in [0, 0.05) is 18.1 Å². The number of nitrogens with zero attached hydrogens (tertiary/aromatic N) is 1. The van der Waals surface area contributed by atoms with Crippen LogP contribution in [0.15, 0.2) is 60.7 Å². The summed E-state index contributed by atoms with van der Waals surface area (Å²) in [6.45, 7) is 1.14. The number of benzene rings is 2. The predicted octanol–water partition coefficient (Wildman–Crippen LogP) is 4.33. The first-order chi connectivity index (χ1) is 15.5. The lowest BCUT2D eigenvalue weighted by Gasteiger charge is -2.37. The van der Waals surface area contributed by atoms with Crippen molar-refractivity contribution >= 4 is 29.0 Å². The molecule has 2 N–H and O–H groups in total. The Bertz CT molecular complexity index is 994. The van der Waals surface area contributed by atoms with Gasteiger partial charge in [-0.25, -0.2) is 5.48 Å². The summed E-state index contributed by atoms with van der Waals surface area (Å²) in [4.78, 5) is 27.6. The summed E-state index contributed by atoms with van der Waals surface area (Å²) in [7, 11) is 0. The van der Waals surface area contributed by atoms with Crippen LogP contribution in [-0.4, -0.2) is 41.1 Å². The highest BCUT2D eigenvalue weighted by Crippen LogP contribution is 2.35. The van der Waals surface area contributed by atoms with Gasteiger partial charge in [0.25, 0.3) is 0 Å². The van der Waals surface area contributed by atoms with E-state index in [9.17, 15) is 14.8 Å². The van der Waals surface area contributed by atoms with Gasteiger partial charge in [-0.1, -0.05) is 54.1 Å². The van der Waals surface area contributed by atoms with E-state index in [1.54, 1.807) is 23.7 Å². The molecule has 6 nitrogen and oxygen atoms in total. The zero-order valence-electron chi connectivity index (χ0n) is 17.7. The highest BCUT2D eigenvalue weighted by molar-refractivity contribution is 6.30. The molecule has 0 spiro atoms. The van der Waals surface area contributed by atoms with Crippen LogP contribution < -0.4 is 10.2 Å². The summed E-state index contributed by atoms with van der Waals surface area (Å²) in [5, 5.41) is 9.85. The topological polar surface area (TPSA) is 78.9 Å². The summed E-state index contributed by atoms with van der Waals surface area (Å²) >= 11 is 6.03. The average molecular weight is 455 g/mol. The summed E-state index contributed by atoms with van der Waals surface area (Å²) in [5.74, 6) is -1.08. The lowest BCUT2D eigenvalue weighted by atomic mass is 9.76. The van der Waals surface area contributed by atoms with Gasteiger partial charge < -0.3 is 9.64 Å². The number of halogens is 1. The Kier molecular flexibility index (Phi) is 7.12. The highest BCUT2D eigenvalue weighted by Gasteiger charge is 2.41. The number of amides is 2. The Morgan fingerprint density at radius 1 is 1.06 bits per heavy atom. The van der Waals surface area contributed by atoms with E-state index in [0.717, 1.165) is 6.42 Å². The van der Waals surface area contributed by atoms with E-state index in [0.29, 0.717) is 43.1 Å². The number of hydrogen-bond donors (Lipinski definition) is 2. The molecule has 2 amide bonds. The molecule has 7 heteroatoms. The van der Waals surface area contributed by atoms with E-state index >= 15 is 0 Å². The molecule has 4 rings (SSSR count). The number of ether oxygens (including phenoxy) is 1. The van der Waals surface area contributed by atoms with Gasteiger partial charge in [0.1, 0.15) is 5.75 Å². The predicted molar refractivity (Wildman–Crippen MR) is 122 cm³/mol. The number of rotatable bonds is 5. The van der Waals surface area contributed by atoms with Gasteiger partial charge in [-0.15, -0.1) is 0 Å². The summed E-state index contributed by atoms with van der Waals surface area (Å²) < 4.78 is 6.02. The fourth-order valence-corrected chi connectivity index (χ4v) is 4.84. The van der Waals surface area contributed by atoms with Crippen molar-refractivity contribution in [2.45, 2.75) is 31.8 Å². The van der Waals surface area contributed by atoms with Crippen LogP contribution in [0.1, 0.15) is 31.2 Å². The average Bonchev–Trinajstić information content (AvgIpc) is 2.84. The minimum absolute atomic E-state index is 0.0387. The first kappa shape index (κ1) is 22.4. The molecule has 1 aliphatic heterocycles. The Morgan fingerprint density at radius 2 is 1.88 bits per heavy atom. The van der Waals surface area contributed by atoms with Crippen molar-refractivity contribution in [1.29, 1.82) is 0 Å². The van der Waals surface area contributed by atoms with E-state index in [-0.39, 0.29) is 12.0 Å². The molecule has 1 aliphatic carbocycles. The molecule has 1 fully saturated rings. The molecular formula is C25H27ClN2O4. The molecule has 168 valence electrons. The highest BCUT2D eigenvalue weighted by atomic mass is 35.5. The van der Waals surface area contributed by atoms with Gasteiger partial charge in [0.05, 0.1) is 17.9 Å². The number of nitrogens with one attached hydrogen (secondary N) is 1. The normalized spacial score (nSPS) is 23.2. The van der Waals surface area contributed by atoms with E-state index in [2.05, 4.69) is 18.2 Å². The zero-order valence-corrected chi connectivity index (χ0v) is 18.5. The molecule has 0 aromatic heterocycles. The van der Waals surface area contributed by atoms with Crippen molar-refractivity contribution in [3.63, 3.8) is 0 Å². The van der Waals surface area contributed by atoms with E-state index < -0.39 is 17.7 Å². The third-order valence-corrected chi connectivity index (χ3v) is 6.57. The fraction of sp³-hybridized carbons (Fsp3) is 0.360. The number of carbonyl (C=O) groups is 2. The van der Waals surface area contributed by atoms with E-state index in [1.165, 1.54) is 11.1 Å². The fourth-order valence-electron chi connectivity index (χ4n) is 4.66. The molecule has 0 unspecified atom stereocenters. The third-order valence-electron chi connectivity index (χ3n) is 6.33. The first-order valence-electron chi connectivity index (χ1n) is 10.9. The number of carbonyl (C=O) groups excluding carboxylic acids is 2. The lowest BCUT2D eigenvalue weighted by Crippen LogP contribution is -2.48. The third kappa shape index (κ3) is 5.14. The second-order valence-corrected chi connectivity index (χ2v) is 8.77. The Hall–Kier alpha value is -2.83. The van der Waals surface area contributed by atoms with Crippen LogP contribution in [-0.2, 0) is 9.59 Å². The van der Waals surface area contributed by atoms with Gasteiger partial charge in [0.15, 0.2) is 0 Å². The monoisotopic (exact) mass is 454 g/mol. The van der Waals surface area contributed by atoms with Gasteiger partial charge in [-0.2, -0.15) is 0 Å². The molecule has 2 aromatic carbocycles. The molecule has 2 aromatic rings. The summed E-state index contributed by atoms with van der Waals surface area (Å²) in [5.41, 5.74) is 4.16. The van der Waals surface area contributed by atoms with Crippen molar-refractivity contribution < 1.29 is 19.5 Å². The second kappa shape index (κ2) is 10.2. The van der Waals surface area contributed by atoms with Gasteiger partial charge in [-0.05, 0) is 55.0 Å². The number of hydroxylamine groups is 1. The van der Waals surface area contributed by atoms with Gasteiger partial charge >= 0.3 is 0 Å². The molecule has 3 atom stereocenters. The van der Waals surface area contributed by atoms with Crippen molar-refractivity contribution in [3.8, 4) is 5.75 Å². The van der Waals surface area contributed by atoms with Crippen LogP contribution in [0.3, 0.4) is 0 Å². The molecule has 1 heterocycles. The standard InChI is InChI=1S/C25H27ClN2O4/c26-19-7-4-8-20(15-19)32-21-9-10-22(23(16-21)24(29)27-31)25(30)28-13-11-18(12-14-28)17-5-2-1-3-6-17/h1-8,11,15,21-23,31H,9-10,12-14,16H2,(H,27,29)/t21-,22-,23-/m1/s1. The smallest absolute Gasteiger partial charge is 0.247 e. The molecule has 1 saturated carbocycles. The zero-order chi connectivity index (χ0) is 22.5. The van der Waals surface area contributed by atoms with Gasteiger partial charge in [-0.3, -0.25) is 14.8 Å². The maximum absolute atomic E-state index is 13.3. The Labute approximate surface area is 192 Å². The second-order valence-electron chi connectivity index (χ2n) is 8.33. The molecule has 0 saturated heterocycles.